The molecule has 1 aromatic carbocycles. The van der Waals surface area contributed by atoms with Crippen molar-refractivity contribution in [1.82, 2.24) is 0 Å². The predicted octanol–water partition coefficient (Wildman–Crippen LogP) is 3.59. The molecule has 0 aliphatic heterocycles. The van der Waals surface area contributed by atoms with Gasteiger partial charge < -0.3 is 5.11 Å². The third kappa shape index (κ3) is 3.31. The summed E-state index contributed by atoms with van der Waals surface area (Å²) < 4.78 is 0. The number of benzene rings is 1. The van der Waals surface area contributed by atoms with E-state index in [1.807, 2.05) is 30.8 Å². The Bertz CT molecular complexity index is 271. The van der Waals surface area contributed by atoms with Gasteiger partial charge in [-0.15, -0.1) is 11.8 Å². The van der Waals surface area contributed by atoms with Crippen LogP contribution in [0.4, 0.5) is 0 Å². The molecule has 1 N–H and O–H groups in total. The van der Waals surface area contributed by atoms with Crippen molar-refractivity contribution >= 4 is 11.8 Å². The SMILES string of the molecule is CCCCSc1ccc(O)c(C)c1. The van der Waals surface area contributed by atoms with Gasteiger partial charge in [0.15, 0.2) is 0 Å². The largest absolute Gasteiger partial charge is 0.508 e. The van der Waals surface area contributed by atoms with Crippen LogP contribution in [0.15, 0.2) is 23.1 Å². The molecule has 0 atom stereocenters. The summed E-state index contributed by atoms with van der Waals surface area (Å²) in [6.45, 7) is 4.13. The van der Waals surface area contributed by atoms with Crippen LogP contribution < -0.4 is 0 Å². The number of thioether (sulfide) groups is 1. The Hall–Kier alpha value is -0.630. The number of rotatable bonds is 4. The highest BCUT2D eigenvalue weighted by Gasteiger charge is 1.97. The zero-order valence-corrected chi connectivity index (χ0v) is 9.03. The molecule has 0 unspecified atom stereocenters. The molecule has 0 bridgehead atoms. The van der Waals surface area contributed by atoms with Gasteiger partial charge >= 0.3 is 0 Å². The van der Waals surface area contributed by atoms with Gasteiger partial charge in [-0.1, -0.05) is 13.3 Å². The average Bonchev–Trinajstić information content (AvgIpc) is 2.12. The quantitative estimate of drug-likeness (QED) is 0.586. The van der Waals surface area contributed by atoms with Gasteiger partial charge in [0.1, 0.15) is 5.75 Å². The van der Waals surface area contributed by atoms with E-state index < -0.39 is 0 Å². The summed E-state index contributed by atoms with van der Waals surface area (Å²) in [5, 5.41) is 9.31. The monoisotopic (exact) mass is 196 g/mol. The van der Waals surface area contributed by atoms with E-state index in [9.17, 15) is 5.11 Å². The zero-order chi connectivity index (χ0) is 9.68. The van der Waals surface area contributed by atoms with Crippen molar-refractivity contribution in [2.75, 3.05) is 5.75 Å². The Balaban J connectivity index is 2.53. The predicted molar refractivity (Wildman–Crippen MR) is 58.5 cm³/mol. The van der Waals surface area contributed by atoms with E-state index >= 15 is 0 Å². The molecule has 0 heterocycles. The molecule has 0 spiro atoms. The van der Waals surface area contributed by atoms with Gasteiger partial charge in [-0.3, -0.25) is 0 Å². The van der Waals surface area contributed by atoms with Crippen LogP contribution in [0.3, 0.4) is 0 Å². The lowest BCUT2D eigenvalue weighted by Crippen LogP contribution is -1.80. The van der Waals surface area contributed by atoms with Crippen LogP contribution in [0.25, 0.3) is 0 Å². The third-order valence-electron chi connectivity index (χ3n) is 1.93. The molecule has 1 rings (SSSR count). The molecular formula is C11H16OS. The minimum Gasteiger partial charge on any atom is -0.508 e. The summed E-state index contributed by atoms with van der Waals surface area (Å²) in [4.78, 5) is 1.25. The highest BCUT2D eigenvalue weighted by atomic mass is 32.2. The minimum absolute atomic E-state index is 0.389. The number of aromatic hydroxyl groups is 1. The summed E-state index contributed by atoms with van der Waals surface area (Å²) >= 11 is 1.86. The molecule has 0 fully saturated rings. The molecule has 0 saturated heterocycles. The van der Waals surface area contributed by atoms with Gasteiger partial charge in [0.2, 0.25) is 0 Å². The molecule has 0 aromatic heterocycles. The van der Waals surface area contributed by atoms with Crippen LogP contribution in [-0.4, -0.2) is 10.9 Å². The normalized spacial score (nSPS) is 10.3. The number of hydrogen-bond donors (Lipinski definition) is 1. The first kappa shape index (κ1) is 10.5. The van der Waals surface area contributed by atoms with Crippen molar-refractivity contribution < 1.29 is 5.11 Å². The summed E-state index contributed by atoms with van der Waals surface area (Å²) in [5.74, 6) is 1.56. The number of phenolic OH excluding ortho intramolecular Hbond substituents is 1. The lowest BCUT2D eigenvalue weighted by molar-refractivity contribution is 0.470. The molecule has 1 nitrogen and oxygen atoms in total. The molecule has 0 amide bonds. The second-order valence-corrected chi connectivity index (χ2v) is 4.32. The standard InChI is InChI=1S/C11H16OS/c1-3-4-7-13-10-5-6-11(12)9(2)8-10/h5-6,8,12H,3-4,7H2,1-2H3. The molecule has 72 valence electrons. The van der Waals surface area contributed by atoms with Gasteiger partial charge in [0, 0.05) is 4.90 Å². The van der Waals surface area contributed by atoms with Crippen molar-refractivity contribution in [2.24, 2.45) is 0 Å². The van der Waals surface area contributed by atoms with Crippen LogP contribution in [0.2, 0.25) is 0 Å². The number of unbranched alkanes of at least 4 members (excludes halogenated alkanes) is 1. The van der Waals surface area contributed by atoms with E-state index in [4.69, 9.17) is 0 Å². The molecule has 2 heteroatoms. The van der Waals surface area contributed by atoms with Crippen LogP contribution in [-0.2, 0) is 0 Å². The van der Waals surface area contributed by atoms with Gasteiger partial charge in [-0.2, -0.15) is 0 Å². The summed E-state index contributed by atoms with van der Waals surface area (Å²) in [6, 6.07) is 5.78. The van der Waals surface area contributed by atoms with Gasteiger partial charge in [0.05, 0.1) is 0 Å². The van der Waals surface area contributed by atoms with E-state index in [2.05, 4.69) is 6.92 Å². The van der Waals surface area contributed by atoms with Crippen LogP contribution in [0.5, 0.6) is 5.75 Å². The average molecular weight is 196 g/mol. The van der Waals surface area contributed by atoms with Crippen LogP contribution in [0.1, 0.15) is 25.3 Å². The lowest BCUT2D eigenvalue weighted by atomic mass is 10.2. The van der Waals surface area contributed by atoms with Crippen LogP contribution >= 0.6 is 11.8 Å². The van der Waals surface area contributed by atoms with Gasteiger partial charge in [-0.25, -0.2) is 0 Å². The van der Waals surface area contributed by atoms with Crippen molar-refractivity contribution in [3.8, 4) is 5.75 Å². The van der Waals surface area contributed by atoms with Crippen molar-refractivity contribution in [1.29, 1.82) is 0 Å². The van der Waals surface area contributed by atoms with Crippen molar-refractivity contribution in [2.45, 2.75) is 31.6 Å². The second-order valence-electron chi connectivity index (χ2n) is 3.15. The van der Waals surface area contributed by atoms with E-state index in [0.29, 0.717) is 5.75 Å². The maximum absolute atomic E-state index is 9.31. The first-order valence-electron chi connectivity index (χ1n) is 4.66. The number of phenols is 1. The van der Waals surface area contributed by atoms with E-state index in [-0.39, 0.29) is 0 Å². The van der Waals surface area contributed by atoms with E-state index in [1.54, 1.807) is 6.07 Å². The number of hydrogen-bond acceptors (Lipinski definition) is 2. The molecule has 0 radical (unpaired) electrons. The Morgan fingerprint density at radius 1 is 1.38 bits per heavy atom. The van der Waals surface area contributed by atoms with Gasteiger partial charge in [-0.05, 0) is 42.9 Å². The van der Waals surface area contributed by atoms with E-state index in [0.717, 1.165) is 5.56 Å². The van der Waals surface area contributed by atoms with E-state index in [1.165, 1.54) is 23.5 Å². The Kier molecular flexibility index (Phi) is 4.16. The zero-order valence-electron chi connectivity index (χ0n) is 8.21. The highest BCUT2D eigenvalue weighted by Crippen LogP contribution is 2.25. The molecule has 0 aliphatic carbocycles. The Labute approximate surface area is 84.2 Å². The van der Waals surface area contributed by atoms with Crippen molar-refractivity contribution in [3.05, 3.63) is 23.8 Å². The topological polar surface area (TPSA) is 20.2 Å². The fourth-order valence-electron chi connectivity index (χ4n) is 1.05. The number of aryl methyl sites for hydroxylation is 1. The highest BCUT2D eigenvalue weighted by molar-refractivity contribution is 7.99. The molecule has 13 heavy (non-hydrogen) atoms. The van der Waals surface area contributed by atoms with Gasteiger partial charge in [0.25, 0.3) is 0 Å². The minimum atomic E-state index is 0.389. The molecular weight excluding hydrogens is 180 g/mol. The maximum Gasteiger partial charge on any atom is 0.118 e. The lowest BCUT2D eigenvalue weighted by Gasteiger charge is -2.03. The molecule has 0 aliphatic rings. The fourth-order valence-corrected chi connectivity index (χ4v) is 2.15. The Morgan fingerprint density at radius 2 is 2.15 bits per heavy atom. The third-order valence-corrected chi connectivity index (χ3v) is 3.01. The molecule has 1 aromatic rings. The first-order valence-corrected chi connectivity index (χ1v) is 5.65. The van der Waals surface area contributed by atoms with Crippen molar-refractivity contribution in [3.63, 3.8) is 0 Å². The van der Waals surface area contributed by atoms with Crippen LogP contribution in [0, 0.1) is 6.92 Å². The summed E-state index contributed by atoms with van der Waals surface area (Å²) in [5.41, 5.74) is 0.960. The summed E-state index contributed by atoms with van der Waals surface area (Å²) in [7, 11) is 0. The maximum atomic E-state index is 9.31. The summed E-state index contributed by atoms with van der Waals surface area (Å²) in [6.07, 6.45) is 2.49. The second kappa shape index (κ2) is 5.18. The fraction of sp³-hybridized carbons (Fsp3) is 0.455. The Morgan fingerprint density at radius 3 is 2.77 bits per heavy atom. The molecule has 0 saturated carbocycles. The smallest absolute Gasteiger partial charge is 0.118 e. The first-order chi connectivity index (χ1) is 6.24.